The van der Waals surface area contributed by atoms with Gasteiger partial charge in [0.1, 0.15) is 0 Å². The Morgan fingerprint density at radius 1 is 1.29 bits per heavy atom. The number of hydrogen-bond acceptors (Lipinski definition) is 2. The lowest BCUT2D eigenvalue weighted by Crippen LogP contribution is -2.37. The van der Waals surface area contributed by atoms with Crippen LogP contribution in [0.5, 0.6) is 0 Å². The van der Waals surface area contributed by atoms with Crippen molar-refractivity contribution in [2.45, 2.75) is 38.3 Å². The summed E-state index contributed by atoms with van der Waals surface area (Å²) in [5.74, 6) is 0. The van der Waals surface area contributed by atoms with Crippen LogP contribution in [0.2, 0.25) is 10.0 Å². The molecule has 0 heterocycles. The molecular formula is C13H19Cl2NO. The highest BCUT2D eigenvalue weighted by Crippen LogP contribution is 2.23. The van der Waals surface area contributed by atoms with Crippen LogP contribution in [-0.2, 0) is 11.2 Å². The van der Waals surface area contributed by atoms with Crippen molar-refractivity contribution in [1.29, 1.82) is 0 Å². The lowest BCUT2D eigenvalue weighted by molar-refractivity contribution is 0.0727. The van der Waals surface area contributed by atoms with Gasteiger partial charge in [-0.15, -0.1) is 0 Å². The molecule has 0 saturated heterocycles. The van der Waals surface area contributed by atoms with E-state index in [2.05, 4.69) is 6.92 Å². The number of halogens is 2. The topological polar surface area (TPSA) is 35.2 Å². The van der Waals surface area contributed by atoms with E-state index in [0.29, 0.717) is 10.0 Å². The molecule has 0 aliphatic carbocycles. The van der Waals surface area contributed by atoms with E-state index in [4.69, 9.17) is 33.7 Å². The SMILES string of the molecule is CCCC(OC)C(N)Cc1ccc(Cl)c(Cl)c1. The van der Waals surface area contributed by atoms with Gasteiger partial charge in [0.15, 0.2) is 0 Å². The van der Waals surface area contributed by atoms with Crippen molar-refractivity contribution in [3.05, 3.63) is 33.8 Å². The van der Waals surface area contributed by atoms with Gasteiger partial charge >= 0.3 is 0 Å². The minimum atomic E-state index is -0.0165. The second-order valence-electron chi connectivity index (χ2n) is 4.18. The fourth-order valence-corrected chi connectivity index (χ4v) is 2.18. The second-order valence-corrected chi connectivity index (χ2v) is 4.99. The summed E-state index contributed by atoms with van der Waals surface area (Å²) in [5.41, 5.74) is 7.22. The minimum Gasteiger partial charge on any atom is -0.380 e. The van der Waals surface area contributed by atoms with E-state index in [-0.39, 0.29) is 12.1 Å². The molecule has 2 unspecified atom stereocenters. The molecule has 2 nitrogen and oxygen atoms in total. The first-order valence-corrected chi connectivity index (χ1v) is 6.56. The van der Waals surface area contributed by atoms with Gasteiger partial charge < -0.3 is 10.5 Å². The maximum atomic E-state index is 6.13. The van der Waals surface area contributed by atoms with Crippen molar-refractivity contribution in [2.24, 2.45) is 5.73 Å². The number of hydrogen-bond donors (Lipinski definition) is 1. The van der Waals surface area contributed by atoms with Gasteiger partial charge in [-0.3, -0.25) is 0 Å². The highest BCUT2D eigenvalue weighted by Gasteiger charge is 2.17. The number of ether oxygens (including phenoxy) is 1. The molecule has 0 saturated carbocycles. The van der Waals surface area contributed by atoms with Crippen molar-refractivity contribution >= 4 is 23.2 Å². The van der Waals surface area contributed by atoms with E-state index in [1.54, 1.807) is 13.2 Å². The van der Waals surface area contributed by atoms with E-state index in [0.717, 1.165) is 24.8 Å². The predicted octanol–water partition coefficient (Wildman–Crippen LogP) is 3.68. The third-order valence-electron chi connectivity index (χ3n) is 2.81. The number of benzene rings is 1. The zero-order valence-electron chi connectivity index (χ0n) is 10.2. The van der Waals surface area contributed by atoms with Gasteiger partial charge in [0.2, 0.25) is 0 Å². The zero-order valence-corrected chi connectivity index (χ0v) is 11.8. The average molecular weight is 276 g/mol. The summed E-state index contributed by atoms with van der Waals surface area (Å²) < 4.78 is 5.39. The Bertz CT molecular complexity index is 357. The van der Waals surface area contributed by atoms with Crippen LogP contribution in [0.3, 0.4) is 0 Å². The molecule has 17 heavy (non-hydrogen) atoms. The van der Waals surface area contributed by atoms with Gasteiger partial charge in [0.05, 0.1) is 16.1 Å². The lowest BCUT2D eigenvalue weighted by atomic mass is 9.99. The first-order valence-electron chi connectivity index (χ1n) is 5.80. The quantitative estimate of drug-likeness (QED) is 0.860. The van der Waals surface area contributed by atoms with Gasteiger partial charge in [-0.1, -0.05) is 42.6 Å². The molecule has 0 spiro atoms. The molecule has 2 atom stereocenters. The van der Waals surface area contributed by atoms with E-state index < -0.39 is 0 Å². The maximum absolute atomic E-state index is 6.13. The molecular weight excluding hydrogens is 257 g/mol. The molecule has 0 aliphatic heterocycles. The molecule has 0 aromatic heterocycles. The summed E-state index contributed by atoms with van der Waals surface area (Å²) in [6.07, 6.45) is 2.87. The largest absolute Gasteiger partial charge is 0.380 e. The van der Waals surface area contributed by atoms with Crippen LogP contribution in [-0.4, -0.2) is 19.3 Å². The molecule has 0 amide bonds. The Hall–Kier alpha value is -0.280. The Balaban J connectivity index is 2.66. The predicted molar refractivity (Wildman–Crippen MR) is 73.8 cm³/mol. The van der Waals surface area contributed by atoms with Crippen molar-refractivity contribution in [1.82, 2.24) is 0 Å². The Morgan fingerprint density at radius 3 is 2.53 bits per heavy atom. The van der Waals surface area contributed by atoms with E-state index >= 15 is 0 Å². The van der Waals surface area contributed by atoms with Crippen LogP contribution in [0, 0.1) is 0 Å². The van der Waals surface area contributed by atoms with Gasteiger partial charge in [0.25, 0.3) is 0 Å². The Kier molecular flexibility index (Phi) is 6.28. The molecule has 0 bridgehead atoms. The average Bonchev–Trinajstić information content (AvgIpc) is 2.30. The molecule has 96 valence electrons. The van der Waals surface area contributed by atoms with Crippen LogP contribution >= 0.6 is 23.2 Å². The summed E-state index contributed by atoms with van der Waals surface area (Å²) in [7, 11) is 1.70. The van der Waals surface area contributed by atoms with Crippen LogP contribution in [0.15, 0.2) is 18.2 Å². The standard InChI is InChI=1S/C13H19Cl2NO/c1-3-4-13(17-2)12(16)8-9-5-6-10(14)11(15)7-9/h5-7,12-13H,3-4,8,16H2,1-2H3. The monoisotopic (exact) mass is 275 g/mol. The normalized spacial score (nSPS) is 14.6. The highest BCUT2D eigenvalue weighted by atomic mass is 35.5. The number of methoxy groups -OCH3 is 1. The van der Waals surface area contributed by atoms with Crippen molar-refractivity contribution in [3.8, 4) is 0 Å². The molecule has 0 radical (unpaired) electrons. The number of nitrogens with two attached hydrogens (primary N) is 1. The zero-order chi connectivity index (χ0) is 12.8. The summed E-state index contributed by atoms with van der Waals surface area (Å²) in [4.78, 5) is 0. The summed E-state index contributed by atoms with van der Waals surface area (Å²) in [6.45, 7) is 2.12. The van der Waals surface area contributed by atoms with Crippen molar-refractivity contribution < 1.29 is 4.74 Å². The van der Waals surface area contributed by atoms with Crippen LogP contribution in [0.25, 0.3) is 0 Å². The van der Waals surface area contributed by atoms with Crippen molar-refractivity contribution in [2.75, 3.05) is 7.11 Å². The second kappa shape index (κ2) is 7.22. The van der Waals surface area contributed by atoms with E-state index in [9.17, 15) is 0 Å². The molecule has 2 N–H and O–H groups in total. The van der Waals surface area contributed by atoms with Gasteiger partial charge in [0, 0.05) is 13.2 Å². The smallest absolute Gasteiger partial charge is 0.0725 e. The van der Waals surface area contributed by atoms with Crippen LogP contribution < -0.4 is 5.73 Å². The highest BCUT2D eigenvalue weighted by molar-refractivity contribution is 6.42. The molecule has 0 aliphatic rings. The molecule has 4 heteroatoms. The fourth-order valence-electron chi connectivity index (χ4n) is 1.86. The fraction of sp³-hybridized carbons (Fsp3) is 0.538. The number of rotatable bonds is 6. The summed E-state index contributed by atoms with van der Waals surface area (Å²) in [5, 5.41) is 1.14. The van der Waals surface area contributed by atoms with E-state index in [1.165, 1.54) is 0 Å². The molecule has 0 fully saturated rings. The molecule has 1 aromatic carbocycles. The van der Waals surface area contributed by atoms with Crippen molar-refractivity contribution in [3.63, 3.8) is 0 Å². The first-order chi connectivity index (χ1) is 8.08. The summed E-state index contributed by atoms with van der Waals surface area (Å²) in [6, 6.07) is 5.60. The minimum absolute atomic E-state index is 0.0165. The maximum Gasteiger partial charge on any atom is 0.0725 e. The lowest BCUT2D eigenvalue weighted by Gasteiger charge is -2.22. The van der Waals surface area contributed by atoms with Gasteiger partial charge in [-0.05, 0) is 30.5 Å². The Labute approximate surface area is 113 Å². The first kappa shape index (κ1) is 14.8. The summed E-state index contributed by atoms with van der Waals surface area (Å²) >= 11 is 11.8. The molecule has 1 aromatic rings. The Morgan fingerprint density at radius 2 is 2.00 bits per heavy atom. The van der Waals surface area contributed by atoms with Crippen LogP contribution in [0.1, 0.15) is 25.3 Å². The van der Waals surface area contributed by atoms with Gasteiger partial charge in [-0.25, -0.2) is 0 Å². The molecule has 1 rings (SSSR count). The van der Waals surface area contributed by atoms with Gasteiger partial charge in [-0.2, -0.15) is 0 Å². The van der Waals surface area contributed by atoms with Crippen LogP contribution in [0.4, 0.5) is 0 Å². The van der Waals surface area contributed by atoms with E-state index in [1.807, 2.05) is 12.1 Å². The third-order valence-corrected chi connectivity index (χ3v) is 3.55. The third kappa shape index (κ3) is 4.47.